The molecule has 2 aromatic heterocycles. The van der Waals surface area contributed by atoms with E-state index in [0.29, 0.717) is 10.0 Å². The van der Waals surface area contributed by atoms with Gasteiger partial charge in [-0.05, 0) is 23.4 Å². The van der Waals surface area contributed by atoms with Gasteiger partial charge in [-0.15, -0.1) is 10.2 Å². The average Bonchev–Trinajstić information content (AvgIpc) is 2.72. The van der Waals surface area contributed by atoms with E-state index in [1.165, 1.54) is 29.3 Å². The van der Waals surface area contributed by atoms with Gasteiger partial charge in [0.05, 0.1) is 11.2 Å². The van der Waals surface area contributed by atoms with Gasteiger partial charge in [0, 0.05) is 14.1 Å². The summed E-state index contributed by atoms with van der Waals surface area (Å²) >= 11 is 14.4. The molecular formula is C8H7Cl2N5S2. The Morgan fingerprint density at radius 2 is 2.06 bits per heavy atom. The fourth-order valence-corrected chi connectivity index (χ4v) is 2.96. The van der Waals surface area contributed by atoms with Crippen LogP contribution in [0.25, 0.3) is 0 Å². The van der Waals surface area contributed by atoms with Crippen molar-refractivity contribution in [3.8, 4) is 0 Å². The van der Waals surface area contributed by atoms with Crippen molar-refractivity contribution in [3.63, 3.8) is 0 Å². The molecule has 5 nitrogen and oxygen atoms in total. The number of anilines is 1. The van der Waals surface area contributed by atoms with Crippen molar-refractivity contribution >= 4 is 51.4 Å². The third-order valence-corrected chi connectivity index (χ3v) is 4.36. The van der Waals surface area contributed by atoms with Gasteiger partial charge in [-0.3, -0.25) is 0 Å². The number of aromatic nitrogens is 4. The summed E-state index contributed by atoms with van der Waals surface area (Å²) in [4.78, 5) is 9.70. The molecule has 0 aliphatic heterocycles. The first kappa shape index (κ1) is 12.8. The van der Waals surface area contributed by atoms with E-state index in [-0.39, 0.29) is 5.28 Å². The van der Waals surface area contributed by atoms with Crippen LogP contribution in [0.4, 0.5) is 5.13 Å². The Morgan fingerprint density at radius 1 is 1.29 bits per heavy atom. The number of nitrogens with zero attached hydrogens (tertiary/aromatic N) is 5. The summed E-state index contributed by atoms with van der Waals surface area (Å²) in [6.07, 6.45) is 1.47. The van der Waals surface area contributed by atoms with Gasteiger partial charge in [-0.1, -0.05) is 22.9 Å². The fraction of sp³-hybridized carbons (Fsp3) is 0.250. The summed E-state index contributed by atoms with van der Waals surface area (Å²) < 4.78 is 0.755. The Balaban J connectivity index is 2.22. The number of hydrogen-bond acceptors (Lipinski definition) is 7. The molecule has 2 rings (SSSR count). The lowest BCUT2D eigenvalue weighted by atomic mass is 10.7. The average molecular weight is 308 g/mol. The van der Waals surface area contributed by atoms with Gasteiger partial charge >= 0.3 is 0 Å². The smallest absolute Gasteiger partial charge is 0.223 e. The Bertz CT molecular complexity index is 530. The van der Waals surface area contributed by atoms with Crippen molar-refractivity contribution in [2.24, 2.45) is 0 Å². The van der Waals surface area contributed by atoms with E-state index in [2.05, 4.69) is 20.2 Å². The minimum absolute atomic E-state index is 0.161. The molecule has 2 heterocycles. The van der Waals surface area contributed by atoms with Crippen molar-refractivity contribution in [2.45, 2.75) is 9.37 Å². The Labute approximate surface area is 116 Å². The van der Waals surface area contributed by atoms with E-state index in [1.54, 1.807) is 0 Å². The molecule has 0 aromatic carbocycles. The molecule has 90 valence electrons. The zero-order valence-corrected chi connectivity index (χ0v) is 12.0. The summed E-state index contributed by atoms with van der Waals surface area (Å²) in [5.74, 6) is 0. The molecule has 0 N–H and O–H groups in total. The Kier molecular flexibility index (Phi) is 4.03. The number of rotatable bonds is 3. The van der Waals surface area contributed by atoms with Gasteiger partial charge in [0.25, 0.3) is 0 Å². The molecule has 2 aromatic rings. The minimum Gasteiger partial charge on any atom is -0.353 e. The summed E-state index contributed by atoms with van der Waals surface area (Å²) in [5, 5.41) is 10.1. The lowest BCUT2D eigenvalue weighted by molar-refractivity contribution is 0.968. The highest BCUT2D eigenvalue weighted by Gasteiger charge is 2.11. The third kappa shape index (κ3) is 3.19. The predicted molar refractivity (Wildman–Crippen MR) is 70.4 cm³/mol. The normalized spacial score (nSPS) is 10.6. The molecule has 0 atom stereocenters. The number of halogens is 2. The van der Waals surface area contributed by atoms with Crippen molar-refractivity contribution in [1.82, 2.24) is 20.2 Å². The molecule has 0 unspecified atom stereocenters. The van der Waals surface area contributed by atoms with Crippen LogP contribution in [0, 0.1) is 0 Å². The zero-order valence-electron chi connectivity index (χ0n) is 8.89. The highest BCUT2D eigenvalue weighted by molar-refractivity contribution is 8.01. The van der Waals surface area contributed by atoms with Crippen molar-refractivity contribution < 1.29 is 0 Å². The van der Waals surface area contributed by atoms with Gasteiger partial charge in [0.1, 0.15) is 5.03 Å². The molecule has 0 saturated heterocycles. The second-order valence-electron chi connectivity index (χ2n) is 3.14. The van der Waals surface area contributed by atoms with Crippen molar-refractivity contribution in [1.29, 1.82) is 0 Å². The predicted octanol–water partition coefficient (Wildman–Crippen LogP) is 2.85. The summed E-state index contributed by atoms with van der Waals surface area (Å²) in [6, 6.07) is 0. The van der Waals surface area contributed by atoms with E-state index in [0.717, 1.165) is 9.47 Å². The maximum Gasteiger partial charge on any atom is 0.223 e. The summed E-state index contributed by atoms with van der Waals surface area (Å²) in [5.41, 5.74) is 0. The van der Waals surface area contributed by atoms with E-state index < -0.39 is 0 Å². The van der Waals surface area contributed by atoms with Gasteiger partial charge in [0.2, 0.25) is 10.4 Å². The molecule has 0 aliphatic carbocycles. The highest BCUT2D eigenvalue weighted by atomic mass is 35.5. The molecule has 9 heteroatoms. The second-order valence-corrected chi connectivity index (χ2v) is 6.08. The van der Waals surface area contributed by atoms with E-state index in [1.807, 2.05) is 19.0 Å². The fourth-order valence-electron chi connectivity index (χ4n) is 0.910. The van der Waals surface area contributed by atoms with Crippen LogP contribution in [0.15, 0.2) is 15.6 Å². The minimum atomic E-state index is 0.161. The van der Waals surface area contributed by atoms with Crippen LogP contribution in [-0.4, -0.2) is 34.3 Å². The van der Waals surface area contributed by atoms with E-state index >= 15 is 0 Å². The molecule has 0 fully saturated rings. The summed E-state index contributed by atoms with van der Waals surface area (Å²) in [6.45, 7) is 0. The topological polar surface area (TPSA) is 54.8 Å². The largest absolute Gasteiger partial charge is 0.353 e. The van der Waals surface area contributed by atoms with Crippen LogP contribution in [0.3, 0.4) is 0 Å². The molecule has 0 bridgehead atoms. The maximum absolute atomic E-state index is 5.96. The molecule has 0 spiro atoms. The van der Waals surface area contributed by atoms with Crippen LogP contribution >= 0.6 is 46.3 Å². The van der Waals surface area contributed by atoms with Crippen molar-refractivity contribution in [2.75, 3.05) is 19.0 Å². The highest BCUT2D eigenvalue weighted by Crippen LogP contribution is 2.35. The zero-order chi connectivity index (χ0) is 12.4. The molecular weight excluding hydrogens is 301 g/mol. The summed E-state index contributed by atoms with van der Waals surface area (Å²) in [7, 11) is 3.81. The van der Waals surface area contributed by atoms with E-state index in [9.17, 15) is 0 Å². The maximum atomic E-state index is 5.96. The number of hydrogen-bond donors (Lipinski definition) is 0. The van der Waals surface area contributed by atoms with E-state index in [4.69, 9.17) is 23.2 Å². The second kappa shape index (κ2) is 5.34. The first-order chi connectivity index (χ1) is 8.06. The molecule has 0 amide bonds. The Morgan fingerprint density at radius 3 is 2.71 bits per heavy atom. The van der Waals surface area contributed by atoms with Crippen LogP contribution in [-0.2, 0) is 0 Å². The lowest BCUT2D eigenvalue weighted by Crippen LogP contribution is -2.07. The molecule has 17 heavy (non-hydrogen) atoms. The van der Waals surface area contributed by atoms with Gasteiger partial charge in [-0.25, -0.2) is 9.97 Å². The van der Waals surface area contributed by atoms with Crippen LogP contribution in [0.2, 0.25) is 10.3 Å². The van der Waals surface area contributed by atoms with Gasteiger partial charge in [-0.2, -0.15) is 0 Å². The Hall–Kier alpha value is -0.630. The quantitative estimate of drug-likeness (QED) is 0.642. The van der Waals surface area contributed by atoms with Crippen LogP contribution < -0.4 is 4.90 Å². The monoisotopic (exact) mass is 307 g/mol. The van der Waals surface area contributed by atoms with Gasteiger partial charge < -0.3 is 4.90 Å². The lowest BCUT2D eigenvalue weighted by Gasteiger charge is -2.03. The first-order valence-corrected chi connectivity index (χ1v) is 6.82. The standard InChI is InChI=1S/C8H7Cl2N5S2/c1-15(2)7-13-14-8(17-7)16-5-4(9)3-11-6(10)12-5/h3H,1-2H3. The SMILES string of the molecule is CN(C)c1nnc(Sc2nc(Cl)ncc2Cl)s1. The third-order valence-electron chi connectivity index (χ3n) is 1.64. The molecule has 0 radical (unpaired) electrons. The molecule has 0 saturated carbocycles. The molecule has 0 aliphatic rings. The van der Waals surface area contributed by atoms with Crippen LogP contribution in [0.1, 0.15) is 0 Å². The van der Waals surface area contributed by atoms with Gasteiger partial charge in [0.15, 0.2) is 4.34 Å². The van der Waals surface area contributed by atoms with Crippen molar-refractivity contribution in [3.05, 3.63) is 16.5 Å². The van der Waals surface area contributed by atoms with Crippen LogP contribution in [0.5, 0.6) is 0 Å². The first-order valence-electron chi connectivity index (χ1n) is 4.43.